The number of carbonyl (C=O) groups excluding carboxylic acids is 1. The van der Waals surface area contributed by atoms with Crippen molar-refractivity contribution in [2.75, 3.05) is 45.2 Å². The Bertz CT molecular complexity index is 749. The lowest BCUT2D eigenvalue weighted by Gasteiger charge is -2.41. The molecule has 1 saturated heterocycles. The number of aryl methyl sites for hydroxylation is 1. The Labute approximate surface area is 157 Å². The quantitative estimate of drug-likeness (QED) is 0.846. The van der Waals surface area contributed by atoms with Gasteiger partial charge in [0.15, 0.2) is 0 Å². The molecule has 4 nitrogen and oxygen atoms in total. The predicted octanol–water partition coefficient (Wildman–Crippen LogP) is 3.25. The molecule has 0 aromatic heterocycles. The van der Waals surface area contributed by atoms with Crippen molar-refractivity contribution in [3.05, 3.63) is 65.2 Å². The molecule has 1 heterocycles. The normalized spacial score (nSPS) is 16.4. The first-order valence-electron chi connectivity index (χ1n) is 9.30. The van der Waals surface area contributed by atoms with E-state index in [0.29, 0.717) is 0 Å². The Balaban J connectivity index is 1.78. The van der Waals surface area contributed by atoms with E-state index in [1.54, 1.807) is 4.90 Å². The molecule has 1 amide bonds. The molecule has 2 aromatic rings. The van der Waals surface area contributed by atoms with Gasteiger partial charge in [-0.15, -0.1) is 0 Å². The number of amides is 1. The minimum Gasteiger partial charge on any atom is -0.369 e. The van der Waals surface area contributed by atoms with Gasteiger partial charge >= 0.3 is 0 Å². The summed E-state index contributed by atoms with van der Waals surface area (Å²) in [5, 5.41) is 0. The molecule has 0 N–H and O–H groups in total. The molecule has 0 radical (unpaired) electrons. The maximum atomic E-state index is 12.9. The second kappa shape index (κ2) is 7.92. The first kappa shape index (κ1) is 18.5. The van der Waals surface area contributed by atoms with Gasteiger partial charge in [0, 0.05) is 46.0 Å². The maximum absolute atomic E-state index is 12.9. The fourth-order valence-electron chi connectivity index (χ4n) is 3.69. The zero-order valence-corrected chi connectivity index (χ0v) is 16.3. The summed E-state index contributed by atoms with van der Waals surface area (Å²) in [6.45, 7) is 8.00. The van der Waals surface area contributed by atoms with E-state index in [1.165, 1.54) is 16.8 Å². The van der Waals surface area contributed by atoms with Crippen molar-refractivity contribution < 1.29 is 4.79 Å². The van der Waals surface area contributed by atoms with Crippen molar-refractivity contribution >= 4 is 11.6 Å². The Morgan fingerprint density at radius 3 is 2.19 bits per heavy atom. The number of likely N-dealkylation sites (N-methyl/N-ethyl adjacent to an activating group) is 1. The van der Waals surface area contributed by atoms with Crippen molar-refractivity contribution in [1.29, 1.82) is 0 Å². The van der Waals surface area contributed by atoms with Crippen LogP contribution in [0.1, 0.15) is 22.7 Å². The third kappa shape index (κ3) is 3.75. The number of benzene rings is 2. The number of rotatable bonds is 4. The highest BCUT2D eigenvalue weighted by atomic mass is 16.2. The molecule has 0 spiro atoms. The average Bonchev–Trinajstić information content (AvgIpc) is 2.65. The van der Waals surface area contributed by atoms with Crippen LogP contribution in [0.25, 0.3) is 0 Å². The molecule has 0 saturated carbocycles. The Hall–Kier alpha value is -2.33. The van der Waals surface area contributed by atoms with Crippen molar-refractivity contribution in [3.63, 3.8) is 0 Å². The molecule has 0 bridgehead atoms. The van der Waals surface area contributed by atoms with Crippen LogP contribution in [0.5, 0.6) is 0 Å². The van der Waals surface area contributed by atoms with Gasteiger partial charge in [-0.25, -0.2) is 0 Å². The average molecular weight is 351 g/mol. The molecule has 1 aliphatic rings. The van der Waals surface area contributed by atoms with E-state index < -0.39 is 0 Å². The summed E-state index contributed by atoms with van der Waals surface area (Å²) < 4.78 is 0. The van der Waals surface area contributed by atoms with Crippen LogP contribution in [0.2, 0.25) is 0 Å². The Kier molecular flexibility index (Phi) is 5.62. The second-order valence-corrected chi connectivity index (χ2v) is 7.29. The van der Waals surface area contributed by atoms with Gasteiger partial charge in [0.05, 0.1) is 0 Å². The maximum Gasteiger partial charge on any atom is 0.244 e. The first-order valence-corrected chi connectivity index (χ1v) is 9.30. The van der Waals surface area contributed by atoms with E-state index in [1.807, 2.05) is 32.3 Å². The van der Waals surface area contributed by atoms with E-state index >= 15 is 0 Å². The van der Waals surface area contributed by atoms with E-state index in [2.05, 4.69) is 54.0 Å². The predicted molar refractivity (Wildman–Crippen MR) is 108 cm³/mol. The van der Waals surface area contributed by atoms with Crippen LogP contribution in [0.15, 0.2) is 48.5 Å². The van der Waals surface area contributed by atoms with Crippen molar-refractivity contribution in [2.45, 2.75) is 19.9 Å². The van der Waals surface area contributed by atoms with Crippen LogP contribution in [-0.2, 0) is 4.79 Å². The molecule has 26 heavy (non-hydrogen) atoms. The van der Waals surface area contributed by atoms with E-state index in [-0.39, 0.29) is 11.9 Å². The Morgan fingerprint density at radius 1 is 0.923 bits per heavy atom. The van der Waals surface area contributed by atoms with Crippen LogP contribution < -0.4 is 4.90 Å². The van der Waals surface area contributed by atoms with Gasteiger partial charge in [-0.2, -0.15) is 0 Å². The Morgan fingerprint density at radius 2 is 1.58 bits per heavy atom. The lowest BCUT2D eigenvalue weighted by Crippen LogP contribution is -2.51. The van der Waals surface area contributed by atoms with Gasteiger partial charge in [0.1, 0.15) is 6.04 Å². The van der Waals surface area contributed by atoms with Gasteiger partial charge < -0.3 is 9.80 Å². The third-order valence-corrected chi connectivity index (χ3v) is 5.39. The highest BCUT2D eigenvalue weighted by Crippen LogP contribution is 2.28. The van der Waals surface area contributed by atoms with Gasteiger partial charge in [-0.1, -0.05) is 42.5 Å². The number of piperazine rings is 1. The topological polar surface area (TPSA) is 26.8 Å². The molecule has 2 aromatic carbocycles. The van der Waals surface area contributed by atoms with Gasteiger partial charge in [0.25, 0.3) is 0 Å². The molecule has 1 aliphatic heterocycles. The molecule has 0 unspecified atom stereocenters. The summed E-state index contributed by atoms with van der Waals surface area (Å²) >= 11 is 0. The van der Waals surface area contributed by atoms with Gasteiger partial charge in [0.2, 0.25) is 5.91 Å². The van der Waals surface area contributed by atoms with Crippen LogP contribution in [0.3, 0.4) is 0 Å². The minimum atomic E-state index is -0.202. The fourth-order valence-corrected chi connectivity index (χ4v) is 3.69. The molecule has 3 rings (SSSR count). The van der Waals surface area contributed by atoms with Gasteiger partial charge in [-0.3, -0.25) is 9.69 Å². The first-order chi connectivity index (χ1) is 12.5. The molecule has 0 aliphatic carbocycles. The lowest BCUT2D eigenvalue weighted by atomic mass is 10.0. The monoisotopic (exact) mass is 351 g/mol. The van der Waals surface area contributed by atoms with Crippen LogP contribution in [0, 0.1) is 13.8 Å². The van der Waals surface area contributed by atoms with E-state index in [9.17, 15) is 4.79 Å². The third-order valence-electron chi connectivity index (χ3n) is 5.39. The minimum absolute atomic E-state index is 0.149. The van der Waals surface area contributed by atoms with Crippen molar-refractivity contribution in [1.82, 2.24) is 9.80 Å². The lowest BCUT2D eigenvalue weighted by molar-refractivity contribution is -0.134. The van der Waals surface area contributed by atoms with Gasteiger partial charge in [-0.05, 0) is 36.6 Å². The summed E-state index contributed by atoms with van der Waals surface area (Å²) in [6, 6.07) is 16.4. The molecule has 1 atom stereocenters. The number of anilines is 1. The standard InChI is InChI=1S/C22H29N3O/c1-17-9-8-12-20(18(17)2)24-13-15-25(16-14-24)21(22(26)23(3)4)19-10-6-5-7-11-19/h5-12,21H,13-16H2,1-4H3/t21-/m0/s1. The SMILES string of the molecule is Cc1cccc(N2CCN([C@H](C(=O)N(C)C)c3ccccc3)CC2)c1C. The highest BCUT2D eigenvalue weighted by Gasteiger charge is 2.31. The fraction of sp³-hybridized carbons (Fsp3) is 0.409. The zero-order chi connectivity index (χ0) is 18.7. The van der Waals surface area contributed by atoms with E-state index in [4.69, 9.17) is 0 Å². The van der Waals surface area contributed by atoms with Crippen LogP contribution >= 0.6 is 0 Å². The smallest absolute Gasteiger partial charge is 0.244 e. The van der Waals surface area contributed by atoms with Crippen molar-refractivity contribution in [3.8, 4) is 0 Å². The van der Waals surface area contributed by atoms with Crippen LogP contribution in [-0.4, -0.2) is 56.0 Å². The van der Waals surface area contributed by atoms with Crippen molar-refractivity contribution in [2.24, 2.45) is 0 Å². The molecular formula is C22H29N3O. The zero-order valence-electron chi connectivity index (χ0n) is 16.3. The number of hydrogen-bond acceptors (Lipinski definition) is 3. The number of hydrogen-bond donors (Lipinski definition) is 0. The molecule has 4 heteroatoms. The highest BCUT2D eigenvalue weighted by molar-refractivity contribution is 5.83. The summed E-state index contributed by atoms with van der Waals surface area (Å²) in [5.41, 5.74) is 5.08. The number of nitrogens with zero attached hydrogens (tertiary/aromatic N) is 3. The number of carbonyl (C=O) groups is 1. The summed E-state index contributed by atoms with van der Waals surface area (Å²) in [6.07, 6.45) is 0. The molecular weight excluding hydrogens is 322 g/mol. The summed E-state index contributed by atoms with van der Waals surface area (Å²) in [4.78, 5) is 19.3. The van der Waals surface area contributed by atoms with E-state index in [0.717, 1.165) is 31.7 Å². The second-order valence-electron chi connectivity index (χ2n) is 7.29. The largest absolute Gasteiger partial charge is 0.369 e. The summed E-state index contributed by atoms with van der Waals surface area (Å²) in [7, 11) is 3.68. The molecule has 138 valence electrons. The molecule has 1 fully saturated rings. The summed E-state index contributed by atoms with van der Waals surface area (Å²) in [5.74, 6) is 0.149. The van der Waals surface area contributed by atoms with Crippen LogP contribution in [0.4, 0.5) is 5.69 Å².